The molecule has 3 aliphatic rings. The van der Waals surface area contributed by atoms with Crippen LogP contribution in [-0.4, -0.2) is 54.4 Å². The van der Waals surface area contributed by atoms with Gasteiger partial charge in [-0.25, -0.2) is 0 Å². The van der Waals surface area contributed by atoms with Crippen LogP contribution in [0.3, 0.4) is 0 Å². The lowest BCUT2D eigenvalue weighted by molar-refractivity contribution is -0.126. The number of nitrogens with one attached hydrogen (secondary N) is 1. The Labute approximate surface area is 155 Å². The molecule has 140 valence electrons. The first-order valence-corrected chi connectivity index (χ1v) is 9.99. The first-order chi connectivity index (χ1) is 12.7. The Morgan fingerprint density at radius 1 is 1.12 bits per heavy atom. The van der Waals surface area contributed by atoms with Gasteiger partial charge in [0.15, 0.2) is 0 Å². The molecule has 2 amide bonds. The lowest BCUT2D eigenvalue weighted by atomic mass is 9.96. The highest BCUT2D eigenvalue weighted by Crippen LogP contribution is 2.28. The standard InChI is InChI=1S/C20H28N4O2/c25-19(22-13-15-5-6-15)16-4-3-11-24(14-16)20(26)18-12-17(7-8-21-18)23-9-1-2-10-23/h7-8,12,15-16H,1-6,9-11,13-14H2,(H,22,25)/t16-/m1/s1. The Kier molecular flexibility index (Phi) is 5.09. The van der Waals surface area contributed by atoms with Crippen LogP contribution in [0.15, 0.2) is 18.3 Å². The molecule has 3 heterocycles. The molecule has 1 N–H and O–H groups in total. The van der Waals surface area contributed by atoms with Crippen LogP contribution >= 0.6 is 0 Å². The zero-order valence-electron chi connectivity index (χ0n) is 15.3. The molecule has 3 fully saturated rings. The highest BCUT2D eigenvalue weighted by atomic mass is 16.2. The predicted molar refractivity (Wildman–Crippen MR) is 100 cm³/mol. The number of rotatable bonds is 5. The average Bonchev–Trinajstić information content (AvgIpc) is 3.36. The van der Waals surface area contributed by atoms with Gasteiger partial charge < -0.3 is 15.1 Å². The third-order valence-electron chi connectivity index (χ3n) is 5.78. The number of hydrogen-bond donors (Lipinski definition) is 1. The van der Waals surface area contributed by atoms with Gasteiger partial charge in [-0.05, 0) is 56.6 Å². The molecule has 0 radical (unpaired) electrons. The summed E-state index contributed by atoms with van der Waals surface area (Å²) < 4.78 is 0. The van der Waals surface area contributed by atoms with Gasteiger partial charge in [0.2, 0.25) is 5.91 Å². The molecule has 1 saturated carbocycles. The smallest absolute Gasteiger partial charge is 0.272 e. The van der Waals surface area contributed by atoms with E-state index >= 15 is 0 Å². The normalized spacial score (nSPS) is 23.2. The number of carbonyl (C=O) groups excluding carboxylic acids is 2. The number of amides is 2. The van der Waals surface area contributed by atoms with Crippen molar-refractivity contribution in [2.45, 2.75) is 38.5 Å². The van der Waals surface area contributed by atoms with Gasteiger partial charge in [0.1, 0.15) is 5.69 Å². The Morgan fingerprint density at radius 3 is 2.69 bits per heavy atom. The second-order valence-corrected chi connectivity index (χ2v) is 7.87. The molecule has 1 aliphatic carbocycles. The maximum atomic E-state index is 12.9. The van der Waals surface area contributed by atoms with Crippen molar-refractivity contribution >= 4 is 17.5 Å². The van der Waals surface area contributed by atoms with Crippen LogP contribution in [-0.2, 0) is 4.79 Å². The van der Waals surface area contributed by atoms with Gasteiger partial charge in [-0.15, -0.1) is 0 Å². The number of carbonyl (C=O) groups is 2. The van der Waals surface area contributed by atoms with Crippen molar-refractivity contribution in [2.75, 3.05) is 37.6 Å². The minimum absolute atomic E-state index is 0.0502. The lowest BCUT2D eigenvalue weighted by Crippen LogP contribution is -2.46. The Hall–Kier alpha value is -2.11. The quantitative estimate of drug-likeness (QED) is 0.877. The van der Waals surface area contributed by atoms with E-state index in [9.17, 15) is 9.59 Å². The van der Waals surface area contributed by atoms with E-state index in [1.54, 1.807) is 11.1 Å². The molecule has 0 unspecified atom stereocenters. The fraction of sp³-hybridized carbons (Fsp3) is 0.650. The molecule has 1 aromatic rings. The van der Waals surface area contributed by atoms with Gasteiger partial charge in [-0.2, -0.15) is 0 Å². The van der Waals surface area contributed by atoms with E-state index in [1.807, 2.05) is 12.1 Å². The number of aromatic nitrogens is 1. The molecular formula is C20H28N4O2. The van der Waals surface area contributed by atoms with Crippen molar-refractivity contribution in [3.05, 3.63) is 24.0 Å². The monoisotopic (exact) mass is 356 g/mol. The third-order valence-corrected chi connectivity index (χ3v) is 5.78. The molecule has 4 rings (SSSR count). The second kappa shape index (κ2) is 7.64. The van der Waals surface area contributed by atoms with Crippen molar-refractivity contribution in [3.8, 4) is 0 Å². The van der Waals surface area contributed by atoms with Crippen LogP contribution in [0.25, 0.3) is 0 Å². The van der Waals surface area contributed by atoms with Crippen molar-refractivity contribution in [1.29, 1.82) is 0 Å². The summed E-state index contributed by atoms with van der Waals surface area (Å²) >= 11 is 0. The van der Waals surface area contributed by atoms with E-state index in [-0.39, 0.29) is 17.7 Å². The van der Waals surface area contributed by atoms with Crippen LogP contribution in [0.2, 0.25) is 0 Å². The number of nitrogens with zero attached hydrogens (tertiary/aromatic N) is 3. The van der Waals surface area contributed by atoms with Crippen LogP contribution in [0.1, 0.15) is 49.0 Å². The Morgan fingerprint density at radius 2 is 1.92 bits per heavy atom. The molecule has 1 aromatic heterocycles. The molecule has 0 aromatic carbocycles. The predicted octanol–water partition coefficient (Wildman–Crippen LogP) is 2.06. The minimum Gasteiger partial charge on any atom is -0.371 e. The summed E-state index contributed by atoms with van der Waals surface area (Å²) in [6.07, 6.45) is 8.33. The molecule has 6 heteroatoms. The number of anilines is 1. The topological polar surface area (TPSA) is 65.5 Å². The molecule has 26 heavy (non-hydrogen) atoms. The maximum Gasteiger partial charge on any atom is 0.272 e. The highest BCUT2D eigenvalue weighted by molar-refractivity contribution is 5.93. The van der Waals surface area contributed by atoms with Crippen LogP contribution in [0.5, 0.6) is 0 Å². The first-order valence-electron chi connectivity index (χ1n) is 9.99. The molecule has 2 aliphatic heterocycles. The number of likely N-dealkylation sites (tertiary alicyclic amines) is 1. The minimum atomic E-state index is -0.0896. The molecule has 0 bridgehead atoms. The summed E-state index contributed by atoms with van der Waals surface area (Å²) in [6, 6.07) is 3.89. The number of piperidine rings is 1. The van der Waals surface area contributed by atoms with Crippen LogP contribution in [0.4, 0.5) is 5.69 Å². The largest absolute Gasteiger partial charge is 0.371 e. The fourth-order valence-electron chi connectivity index (χ4n) is 3.96. The van der Waals surface area contributed by atoms with Gasteiger partial charge in [0.05, 0.1) is 5.92 Å². The molecule has 2 saturated heterocycles. The summed E-state index contributed by atoms with van der Waals surface area (Å²) in [6.45, 7) is 4.10. The van der Waals surface area contributed by atoms with Gasteiger partial charge in [0.25, 0.3) is 5.91 Å². The zero-order valence-corrected chi connectivity index (χ0v) is 15.3. The van der Waals surface area contributed by atoms with Gasteiger partial charge in [-0.1, -0.05) is 0 Å². The molecule has 1 atom stereocenters. The average molecular weight is 356 g/mol. The van der Waals surface area contributed by atoms with Crippen molar-refractivity contribution < 1.29 is 9.59 Å². The molecule has 6 nitrogen and oxygen atoms in total. The van der Waals surface area contributed by atoms with Gasteiger partial charge in [0, 0.05) is 44.6 Å². The van der Waals surface area contributed by atoms with E-state index < -0.39 is 0 Å². The van der Waals surface area contributed by atoms with E-state index in [1.165, 1.54) is 25.7 Å². The van der Waals surface area contributed by atoms with Crippen LogP contribution in [0, 0.1) is 11.8 Å². The van der Waals surface area contributed by atoms with E-state index in [0.717, 1.165) is 38.2 Å². The molecular weight excluding hydrogens is 328 g/mol. The maximum absolute atomic E-state index is 12.9. The summed E-state index contributed by atoms with van der Waals surface area (Å²) in [5.41, 5.74) is 1.57. The number of hydrogen-bond acceptors (Lipinski definition) is 4. The highest BCUT2D eigenvalue weighted by Gasteiger charge is 2.31. The van der Waals surface area contributed by atoms with Gasteiger partial charge in [-0.3, -0.25) is 14.6 Å². The van der Waals surface area contributed by atoms with E-state index in [2.05, 4.69) is 15.2 Å². The molecule has 0 spiro atoms. The summed E-state index contributed by atoms with van der Waals surface area (Å²) in [4.78, 5) is 33.7. The summed E-state index contributed by atoms with van der Waals surface area (Å²) in [7, 11) is 0. The van der Waals surface area contributed by atoms with Crippen molar-refractivity contribution in [1.82, 2.24) is 15.2 Å². The first kappa shape index (κ1) is 17.3. The SMILES string of the molecule is O=C(NCC1CC1)[C@@H]1CCCN(C(=O)c2cc(N3CCCC3)ccn2)C1. The number of pyridine rings is 1. The third kappa shape index (κ3) is 4.00. The fourth-order valence-corrected chi connectivity index (χ4v) is 3.96. The summed E-state index contributed by atoms with van der Waals surface area (Å²) in [5.74, 6) is 0.643. The lowest BCUT2D eigenvalue weighted by Gasteiger charge is -2.32. The van der Waals surface area contributed by atoms with Crippen molar-refractivity contribution in [2.24, 2.45) is 11.8 Å². The van der Waals surface area contributed by atoms with Crippen molar-refractivity contribution in [3.63, 3.8) is 0 Å². The Bertz CT molecular complexity index is 668. The summed E-state index contributed by atoms with van der Waals surface area (Å²) in [5, 5.41) is 3.06. The van der Waals surface area contributed by atoms with Crippen LogP contribution < -0.4 is 10.2 Å². The van der Waals surface area contributed by atoms with E-state index in [4.69, 9.17) is 0 Å². The Balaban J connectivity index is 1.38. The van der Waals surface area contributed by atoms with Gasteiger partial charge >= 0.3 is 0 Å². The zero-order chi connectivity index (χ0) is 17.9. The second-order valence-electron chi connectivity index (χ2n) is 7.87. The van der Waals surface area contributed by atoms with E-state index in [0.29, 0.717) is 24.7 Å².